The predicted molar refractivity (Wildman–Crippen MR) is 64.1 cm³/mol. The van der Waals surface area contributed by atoms with Gasteiger partial charge in [0, 0.05) is 6.04 Å². The van der Waals surface area contributed by atoms with Crippen LogP contribution in [0.4, 0.5) is 0 Å². The van der Waals surface area contributed by atoms with Crippen molar-refractivity contribution in [3.05, 3.63) is 11.6 Å². The van der Waals surface area contributed by atoms with Gasteiger partial charge >= 0.3 is 0 Å². The first-order valence-electron chi connectivity index (χ1n) is 6.27. The summed E-state index contributed by atoms with van der Waals surface area (Å²) in [5, 5.41) is 8.50. The van der Waals surface area contributed by atoms with Crippen molar-refractivity contribution in [2.24, 2.45) is 5.73 Å². The van der Waals surface area contributed by atoms with E-state index in [4.69, 9.17) is 5.73 Å². The van der Waals surface area contributed by atoms with Gasteiger partial charge in [0.05, 0.1) is 5.54 Å². The molecule has 4 heteroatoms. The second kappa shape index (κ2) is 4.17. The molecule has 1 saturated carbocycles. The summed E-state index contributed by atoms with van der Waals surface area (Å²) < 4.78 is 2.27. The molecule has 1 unspecified atom stereocenters. The van der Waals surface area contributed by atoms with Crippen molar-refractivity contribution in [2.75, 3.05) is 0 Å². The van der Waals surface area contributed by atoms with Gasteiger partial charge in [-0.05, 0) is 33.1 Å². The van der Waals surface area contributed by atoms with Crippen LogP contribution < -0.4 is 5.73 Å². The maximum Gasteiger partial charge on any atom is 0.153 e. The van der Waals surface area contributed by atoms with E-state index in [0.29, 0.717) is 6.04 Å². The van der Waals surface area contributed by atoms with E-state index < -0.39 is 0 Å². The van der Waals surface area contributed by atoms with Crippen LogP contribution in [0.1, 0.15) is 63.6 Å². The van der Waals surface area contributed by atoms with Gasteiger partial charge in [0.15, 0.2) is 5.82 Å². The summed E-state index contributed by atoms with van der Waals surface area (Å²) in [5.41, 5.74) is 5.94. The van der Waals surface area contributed by atoms with Crippen LogP contribution in [0.2, 0.25) is 0 Å². The molecule has 2 N–H and O–H groups in total. The lowest BCUT2D eigenvalue weighted by Crippen LogP contribution is -2.36. The minimum Gasteiger partial charge on any atom is -0.319 e. The van der Waals surface area contributed by atoms with Crippen LogP contribution in [-0.2, 0) is 5.54 Å². The van der Waals surface area contributed by atoms with E-state index in [1.807, 2.05) is 13.8 Å². The van der Waals surface area contributed by atoms with Crippen LogP contribution in [0, 0.1) is 6.92 Å². The molecule has 0 saturated heterocycles. The van der Waals surface area contributed by atoms with E-state index in [0.717, 1.165) is 18.1 Å². The number of hydrogen-bond donors (Lipinski definition) is 1. The Morgan fingerprint density at radius 3 is 2.56 bits per heavy atom. The zero-order chi connectivity index (χ0) is 11.8. The van der Waals surface area contributed by atoms with Gasteiger partial charge in [0.25, 0.3) is 0 Å². The summed E-state index contributed by atoms with van der Waals surface area (Å²) in [6.45, 7) is 6.17. The minimum absolute atomic E-state index is 0.357. The Hall–Kier alpha value is -0.900. The minimum atomic E-state index is -0.357. The Morgan fingerprint density at radius 1 is 1.38 bits per heavy atom. The third-order valence-electron chi connectivity index (χ3n) is 3.80. The van der Waals surface area contributed by atoms with E-state index in [1.54, 1.807) is 0 Å². The highest BCUT2D eigenvalue weighted by atomic mass is 15.3. The monoisotopic (exact) mass is 222 g/mol. The molecule has 16 heavy (non-hydrogen) atoms. The summed E-state index contributed by atoms with van der Waals surface area (Å²) in [4.78, 5) is 0. The van der Waals surface area contributed by atoms with Gasteiger partial charge < -0.3 is 10.3 Å². The molecule has 0 aromatic carbocycles. The SMILES string of the molecule is CCC(C)(N)c1nnc(C)n1C1CCCC1. The first kappa shape index (κ1) is 11.6. The standard InChI is InChI=1S/C12H22N4/c1-4-12(3,13)11-15-14-9(2)16(11)10-7-5-6-8-10/h10H,4-8,13H2,1-3H3. The Bertz CT molecular complexity index is 361. The number of nitrogens with two attached hydrogens (primary N) is 1. The van der Waals surface area contributed by atoms with E-state index in [1.165, 1.54) is 25.7 Å². The normalized spacial score (nSPS) is 21.2. The summed E-state index contributed by atoms with van der Waals surface area (Å²) in [6.07, 6.45) is 6.00. The van der Waals surface area contributed by atoms with Crippen LogP contribution >= 0.6 is 0 Å². The van der Waals surface area contributed by atoms with Crippen LogP contribution in [0.3, 0.4) is 0 Å². The smallest absolute Gasteiger partial charge is 0.153 e. The van der Waals surface area contributed by atoms with Gasteiger partial charge in [-0.1, -0.05) is 19.8 Å². The average molecular weight is 222 g/mol. The molecule has 0 aliphatic heterocycles. The number of hydrogen-bond acceptors (Lipinski definition) is 3. The maximum atomic E-state index is 6.30. The van der Waals surface area contributed by atoms with Gasteiger partial charge in [-0.3, -0.25) is 0 Å². The third-order valence-corrected chi connectivity index (χ3v) is 3.80. The van der Waals surface area contributed by atoms with Gasteiger partial charge in [0.2, 0.25) is 0 Å². The van der Waals surface area contributed by atoms with Crippen molar-refractivity contribution < 1.29 is 0 Å². The number of aromatic nitrogens is 3. The predicted octanol–water partition coefficient (Wildman–Crippen LogP) is 2.29. The molecular formula is C12H22N4. The zero-order valence-corrected chi connectivity index (χ0v) is 10.5. The molecule has 0 radical (unpaired) electrons. The third kappa shape index (κ3) is 1.86. The van der Waals surface area contributed by atoms with Crippen molar-refractivity contribution in [1.29, 1.82) is 0 Å². The fourth-order valence-corrected chi connectivity index (χ4v) is 2.52. The van der Waals surface area contributed by atoms with Crippen LogP contribution in [0.25, 0.3) is 0 Å². The van der Waals surface area contributed by atoms with Gasteiger partial charge in [-0.2, -0.15) is 0 Å². The lowest BCUT2D eigenvalue weighted by atomic mass is 9.99. The van der Waals surface area contributed by atoms with Crippen molar-refractivity contribution in [3.8, 4) is 0 Å². The lowest BCUT2D eigenvalue weighted by molar-refractivity contribution is 0.385. The van der Waals surface area contributed by atoms with Crippen molar-refractivity contribution in [2.45, 2.75) is 64.5 Å². The largest absolute Gasteiger partial charge is 0.319 e. The fraction of sp³-hybridized carbons (Fsp3) is 0.833. The van der Waals surface area contributed by atoms with E-state index in [2.05, 4.69) is 21.7 Å². The molecule has 0 bridgehead atoms. The number of rotatable bonds is 3. The average Bonchev–Trinajstić information content (AvgIpc) is 2.86. The molecule has 0 amide bonds. The maximum absolute atomic E-state index is 6.30. The Morgan fingerprint density at radius 2 is 2.00 bits per heavy atom. The van der Waals surface area contributed by atoms with Gasteiger partial charge in [0.1, 0.15) is 5.82 Å². The summed E-state index contributed by atoms with van der Waals surface area (Å²) in [6, 6.07) is 0.569. The van der Waals surface area contributed by atoms with E-state index in [-0.39, 0.29) is 5.54 Å². The van der Waals surface area contributed by atoms with Gasteiger partial charge in [-0.15, -0.1) is 10.2 Å². The Kier molecular flexibility index (Phi) is 3.02. The molecule has 1 fully saturated rings. The fourth-order valence-electron chi connectivity index (χ4n) is 2.52. The topological polar surface area (TPSA) is 56.7 Å². The Balaban J connectivity index is 2.39. The second-order valence-corrected chi connectivity index (χ2v) is 5.15. The molecular weight excluding hydrogens is 200 g/mol. The van der Waals surface area contributed by atoms with E-state index >= 15 is 0 Å². The van der Waals surface area contributed by atoms with Gasteiger partial charge in [-0.25, -0.2) is 0 Å². The highest BCUT2D eigenvalue weighted by Gasteiger charge is 2.30. The molecule has 4 nitrogen and oxygen atoms in total. The first-order chi connectivity index (χ1) is 7.56. The zero-order valence-electron chi connectivity index (χ0n) is 10.5. The van der Waals surface area contributed by atoms with Crippen LogP contribution in [-0.4, -0.2) is 14.8 Å². The molecule has 1 atom stereocenters. The molecule has 0 spiro atoms. The second-order valence-electron chi connectivity index (χ2n) is 5.15. The lowest BCUT2D eigenvalue weighted by Gasteiger charge is -2.25. The molecule has 90 valence electrons. The Labute approximate surface area is 97.2 Å². The number of nitrogens with zero attached hydrogens (tertiary/aromatic N) is 3. The van der Waals surface area contributed by atoms with Crippen molar-refractivity contribution in [1.82, 2.24) is 14.8 Å². The van der Waals surface area contributed by atoms with E-state index in [9.17, 15) is 0 Å². The first-order valence-corrected chi connectivity index (χ1v) is 6.27. The van der Waals surface area contributed by atoms with Crippen molar-refractivity contribution in [3.63, 3.8) is 0 Å². The molecule has 1 aliphatic carbocycles. The molecule has 2 rings (SSSR count). The highest BCUT2D eigenvalue weighted by Crippen LogP contribution is 2.33. The molecule has 1 aliphatic rings. The molecule has 1 aromatic heterocycles. The summed E-state index contributed by atoms with van der Waals surface area (Å²) in [5.74, 6) is 1.96. The quantitative estimate of drug-likeness (QED) is 0.853. The molecule has 1 heterocycles. The van der Waals surface area contributed by atoms with Crippen molar-refractivity contribution >= 4 is 0 Å². The number of aryl methyl sites for hydroxylation is 1. The summed E-state index contributed by atoms with van der Waals surface area (Å²) in [7, 11) is 0. The highest BCUT2D eigenvalue weighted by molar-refractivity contribution is 5.08. The summed E-state index contributed by atoms with van der Waals surface area (Å²) >= 11 is 0. The van der Waals surface area contributed by atoms with Crippen LogP contribution in [0.15, 0.2) is 0 Å². The molecule has 1 aromatic rings. The van der Waals surface area contributed by atoms with Crippen LogP contribution in [0.5, 0.6) is 0 Å².